The number of rotatable bonds is 1. The van der Waals surface area contributed by atoms with Crippen LogP contribution in [0.2, 0.25) is 0 Å². The van der Waals surface area contributed by atoms with Crippen LogP contribution >= 0.6 is 15.9 Å². The third-order valence-corrected chi connectivity index (χ3v) is 3.51. The predicted octanol–water partition coefficient (Wildman–Crippen LogP) is 3.06. The van der Waals surface area contributed by atoms with Crippen molar-refractivity contribution in [1.82, 2.24) is 10.3 Å². The molecule has 0 spiro atoms. The second-order valence-electron chi connectivity index (χ2n) is 4.21. The molecule has 1 fully saturated rings. The van der Waals surface area contributed by atoms with Gasteiger partial charge in [0.2, 0.25) is 0 Å². The van der Waals surface area contributed by atoms with Crippen LogP contribution in [0.4, 0.5) is 0 Å². The third-order valence-electron chi connectivity index (χ3n) is 3.01. The average Bonchev–Trinajstić information content (AvgIpc) is 2.73. The SMILES string of the molecule is Brc1ccc2oc([C@@H]3CCCNC3)nc2c1. The van der Waals surface area contributed by atoms with Crippen LogP contribution in [0.1, 0.15) is 24.7 Å². The zero-order valence-electron chi connectivity index (χ0n) is 8.87. The Bertz CT molecular complexity index is 503. The van der Waals surface area contributed by atoms with E-state index in [-0.39, 0.29) is 0 Å². The molecule has 1 saturated heterocycles. The van der Waals surface area contributed by atoms with Crippen LogP contribution in [-0.2, 0) is 0 Å². The van der Waals surface area contributed by atoms with Gasteiger partial charge in [-0.3, -0.25) is 0 Å². The molecule has 3 rings (SSSR count). The van der Waals surface area contributed by atoms with Gasteiger partial charge < -0.3 is 9.73 Å². The molecule has 0 saturated carbocycles. The summed E-state index contributed by atoms with van der Waals surface area (Å²) in [5, 5.41) is 3.38. The fraction of sp³-hybridized carbons (Fsp3) is 0.417. The minimum absolute atomic E-state index is 0.430. The van der Waals surface area contributed by atoms with Crippen molar-refractivity contribution in [2.24, 2.45) is 0 Å². The Morgan fingerprint density at radius 1 is 1.44 bits per heavy atom. The van der Waals surface area contributed by atoms with E-state index >= 15 is 0 Å². The molecule has 3 nitrogen and oxygen atoms in total. The quantitative estimate of drug-likeness (QED) is 0.873. The fourth-order valence-corrected chi connectivity index (χ4v) is 2.50. The summed E-state index contributed by atoms with van der Waals surface area (Å²) in [4.78, 5) is 4.56. The van der Waals surface area contributed by atoms with Gasteiger partial charge in [0, 0.05) is 16.9 Å². The van der Waals surface area contributed by atoms with Crippen molar-refractivity contribution in [2.75, 3.05) is 13.1 Å². The zero-order chi connectivity index (χ0) is 11.0. The summed E-state index contributed by atoms with van der Waals surface area (Å²) in [5.74, 6) is 1.31. The van der Waals surface area contributed by atoms with E-state index in [1.54, 1.807) is 0 Å². The Hall–Kier alpha value is -0.870. The molecule has 0 radical (unpaired) electrons. The van der Waals surface area contributed by atoms with E-state index < -0.39 is 0 Å². The summed E-state index contributed by atoms with van der Waals surface area (Å²) in [6.07, 6.45) is 2.37. The van der Waals surface area contributed by atoms with Crippen molar-refractivity contribution in [3.63, 3.8) is 0 Å². The van der Waals surface area contributed by atoms with E-state index in [0.717, 1.165) is 34.6 Å². The smallest absolute Gasteiger partial charge is 0.199 e. The van der Waals surface area contributed by atoms with Crippen molar-refractivity contribution in [1.29, 1.82) is 0 Å². The second-order valence-corrected chi connectivity index (χ2v) is 5.12. The van der Waals surface area contributed by atoms with Gasteiger partial charge >= 0.3 is 0 Å². The van der Waals surface area contributed by atoms with Crippen molar-refractivity contribution < 1.29 is 4.42 Å². The maximum Gasteiger partial charge on any atom is 0.199 e. The van der Waals surface area contributed by atoms with Crippen LogP contribution in [0, 0.1) is 0 Å². The second kappa shape index (κ2) is 4.18. The fourth-order valence-electron chi connectivity index (χ4n) is 2.16. The number of oxazole rings is 1. The Kier molecular flexibility index (Phi) is 2.69. The Balaban J connectivity index is 1.97. The lowest BCUT2D eigenvalue weighted by Crippen LogP contribution is -2.28. The Morgan fingerprint density at radius 3 is 3.19 bits per heavy atom. The molecular weight excluding hydrogens is 268 g/mol. The zero-order valence-corrected chi connectivity index (χ0v) is 10.5. The predicted molar refractivity (Wildman–Crippen MR) is 66.6 cm³/mol. The number of hydrogen-bond acceptors (Lipinski definition) is 3. The van der Waals surface area contributed by atoms with Gasteiger partial charge in [0.25, 0.3) is 0 Å². The number of benzene rings is 1. The number of nitrogens with one attached hydrogen (secondary N) is 1. The van der Waals surface area contributed by atoms with Crippen LogP contribution in [0.15, 0.2) is 27.1 Å². The number of nitrogens with zero attached hydrogens (tertiary/aromatic N) is 1. The standard InChI is InChI=1S/C12H13BrN2O/c13-9-3-4-11-10(6-9)15-12(16-11)8-2-1-5-14-7-8/h3-4,6,8,14H,1-2,5,7H2/t8-/m1/s1. The van der Waals surface area contributed by atoms with Crippen molar-refractivity contribution in [3.8, 4) is 0 Å². The van der Waals surface area contributed by atoms with Crippen molar-refractivity contribution in [3.05, 3.63) is 28.6 Å². The first kappa shape index (κ1) is 10.3. The van der Waals surface area contributed by atoms with Crippen LogP contribution in [0.25, 0.3) is 11.1 Å². The van der Waals surface area contributed by atoms with E-state index in [4.69, 9.17) is 4.42 Å². The molecule has 0 unspecified atom stereocenters. The highest BCUT2D eigenvalue weighted by atomic mass is 79.9. The summed E-state index contributed by atoms with van der Waals surface area (Å²) < 4.78 is 6.83. The molecule has 0 bridgehead atoms. The maximum atomic E-state index is 5.79. The largest absolute Gasteiger partial charge is 0.440 e. The summed E-state index contributed by atoms with van der Waals surface area (Å²) in [7, 11) is 0. The van der Waals surface area contributed by atoms with Crippen LogP contribution < -0.4 is 5.32 Å². The number of fused-ring (bicyclic) bond motifs is 1. The minimum atomic E-state index is 0.430. The molecule has 1 aliphatic heterocycles. The van der Waals surface area contributed by atoms with E-state index in [1.165, 1.54) is 12.8 Å². The lowest BCUT2D eigenvalue weighted by atomic mass is 10.00. The van der Waals surface area contributed by atoms with Crippen LogP contribution in [0.5, 0.6) is 0 Å². The summed E-state index contributed by atoms with van der Waals surface area (Å²) in [6, 6.07) is 5.95. The number of hydrogen-bond donors (Lipinski definition) is 1. The first-order valence-corrected chi connectivity index (χ1v) is 6.39. The molecule has 2 aromatic rings. The molecule has 1 atom stereocenters. The van der Waals surface area contributed by atoms with Gasteiger partial charge in [0.05, 0.1) is 0 Å². The van der Waals surface area contributed by atoms with Crippen LogP contribution in [-0.4, -0.2) is 18.1 Å². The molecule has 2 heterocycles. The van der Waals surface area contributed by atoms with Gasteiger partial charge in [-0.1, -0.05) is 15.9 Å². The number of piperidine rings is 1. The highest BCUT2D eigenvalue weighted by molar-refractivity contribution is 9.10. The highest BCUT2D eigenvalue weighted by Crippen LogP contribution is 2.27. The Labute approximate surface area is 102 Å². The van der Waals surface area contributed by atoms with E-state index in [0.29, 0.717) is 5.92 Å². The van der Waals surface area contributed by atoms with Gasteiger partial charge in [-0.15, -0.1) is 0 Å². The van der Waals surface area contributed by atoms with Gasteiger partial charge in [-0.25, -0.2) is 4.98 Å². The van der Waals surface area contributed by atoms with Crippen molar-refractivity contribution >= 4 is 27.0 Å². The maximum absolute atomic E-state index is 5.79. The normalized spacial score (nSPS) is 21.4. The highest BCUT2D eigenvalue weighted by Gasteiger charge is 2.20. The minimum Gasteiger partial charge on any atom is -0.440 e. The topological polar surface area (TPSA) is 38.1 Å². The molecule has 1 aromatic carbocycles. The van der Waals surface area contributed by atoms with Crippen LogP contribution in [0.3, 0.4) is 0 Å². The lowest BCUT2D eigenvalue weighted by Gasteiger charge is -2.19. The van der Waals surface area contributed by atoms with Crippen molar-refractivity contribution in [2.45, 2.75) is 18.8 Å². The summed E-state index contributed by atoms with van der Waals surface area (Å²) >= 11 is 3.44. The number of halogens is 1. The Morgan fingerprint density at radius 2 is 2.38 bits per heavy atom. The van der Waals surface area contributed by atoms with Gasteiger partial charge in [-0.2, -0.15) is 0 Å². The first-order valence-electron chi connectivity index (χ1n) is 5.59. The first-order chi connectivity index (χ1) is 7.83. The molecule has 1 aromatic heterocycles. The average molecular weight is 281 g/mol. The van der Waals surface area contributed by atoms with E-state index in [1.807, 2.05) is 18.2 Å². The van der Waals surface area contributed by atoms with E-state index in [2.05, 4.69) is 26.2 Å². The molecule has 4 heteroatoms. The molecule has 0 amide bonds. The van der Waals surface area contributed by atoms with Gasteiger partial charge in [-0.05, 0) is 37.6 Å². The molecule has 16 heavy (non-hydrogen) atoms. The molecule has 1 N–H and O–H groups in total. The third kappa shape index (κ3) is 1.87. The van der Waals surface area contributed by atoms with Gasteiger partial charge in [0.1, 0.15) is 5.52 Å². The number of aromatic nitrogens is 1. The summed E-state index contributed by atoms with van der Waals surface area (Å²) in [5.41, 5.74) is 1.82. The monoisotopic (exact) mass is 280 g/mol. The lowest BCUT2D eigenvalue weighted by molar-refractivity contribution is 0.387. The molecule has 1 aliphatic rings. The summed E-state index contributed by atoms with van der Waals surface area (Å²) in [6.45, 7) is 2.09. The van der Waals surface area contributed by atoms with Gasteiger partial charge in [0.15, 0.2) is 11.5 Å². The molecular formula is C12H13BrN2O. The van der Waals surface area contributed by atoms with E-state index in [9.17, 15) is 0 Å². The molecule has 0 aliphatic carbocycles. The molecule has 84 valence electrons.